The molecule has 9 heteroatoms. The normalized spacial score (nSPS) is 10.4. The zero-order valence-electron chi connectivity index (χ0n) is 14.9. The molecule has 26 heavy (non-hydrogen) atoms. The first kappa shape index (κ1) is 19.4. The van der Waals surface area contributed by atoms with Crippen LogP contribution in [0.3, 0.4) is 0 Å². The summed E-state index contributed by atoms with van der Waals surface area (Å²) in [5, 5.41) is 17.3. The number of rotatable bonds is 11. The quantitative estimate of drug-likeness (QED) is 0.356. The number of ether oxygens (including phenoxy) is 2. The lowest BCUT2D eigenvalue weighted by Crippen LogP contribution is -2.12. The van der Waals surface area contributed by atoms with Crippen molar-refractivity contribution in [1.82, 2.24) is 9.97 Å². The first-order chi connectivity index (χ1) is 12.7. The van der Waals surface area contributed by atoms with Gasteiger partial charge in [0.05, 0.1) is 18.1 Å². The fraction of sp³-hybridized carbons (Fsp3) is 0.412. The van der Waals surface area contributed by atoms with Crippen molar-refractivity contribution in [2.24, 2.45) is 0 Å². The maximum Gasteiger partial charge on any atom is 0.353 e. The summed E-state index contributed by atoms with van der Waals surface area (Å²) < 4.78 is 10.5. The number of methoxy groups -OCH3 is 1. The lowest BCUT2D eigenvalue weighted by atomic mass is 10.3. The van der Waals surface area contributed by atoms with E-state index in [1.165, 1.54) is 6.33 Å². The van der Waals surface area contributed by atoms with Gasteiger partial charge in [0.1, 0.15) is 12.1 Å². The minimum absolute atomic E-state index is 0.115. The first-order valence-corrected chi connectivity index (χ1v) is 8.37. The molecular formula is C17H23N5O4. The van der Waals surface area contributed by atoms with Crippen LogP contribution in [0.2, 0.25) is 0 Å². The van der Waals surface area contributed by atoms with Crippen molar-refractivity contribution in [2.45, 2.75) is 19.8 Å². The summed E-state index contributed by atoms with van der Waals surface area (Å²) in [6.45, 7) is 3.57. The highest BCUT2D eigenvalue weighted by molar-refractivity contribution is 5.73. The highest BCUT2D eigenvalue weighted by Crippen LogP contribution is 2.31. The monoisotopic (exact) mass is 361 g/mol. The summed E-state index contributed by atoms with van der Waals surface area (Å²) in [7, 11) is 1.55. The third-order valence-corrected chi connectivity index (χ3v) is 3.49. The van der Waals surface area contributed by atoms with E-state index in [0.29, 0.717) is 25.4 Å². The van der Waals surface area contributed by atoms with Gasteiger partial charge < -0.3 is 20.1 Å². The molecule has 0 fully saturated rings. The molecular weight excluding hydrogens is 338 g/mol. The van der Waals surface area contributed by atoms with Crippen LogP contribution < -0.4 is 15.4 Å². The van der Waals surface area contributed by atoms with Gasteiger partial charge in [-0.05, 0) is 30.7 Å². The van der Waals surface area contributed by atoms with Gasteiger partial charge in [-0.2, -0.15) is 0 Å². The second kappa shape index (κ2) is 10.1. The van der Waals surface area contributed by atoms with E-state index in [4.69, 9.17) is 9.47 Å². The molecule has 140 valence electrons. The number of hydrogen-bond acceptors (Lipinski definition) is 8. The zero-order chi connectivity index (χ0) is 18.8. The van der Waals surface area contributed by atoms with E-state index in [2.05, 4.69) is 27.5 Å². The van der Waals surface area contributed by atoms with Crippen LogP contribution >= 0.6 is 0 Å². The van der Waals surface area contributed by atoms with Crippen molar-refractivity contribution in [1.29, 1.82) is 0 Å². The first-order valence-electron chi connectivity index (χ1n) is 8.37. The van der Waals surface area contributed by atoms with Crippen molar-refractivity contribution in [3.05, 3.63) is 40.7 Å². The lowest BCUT2D eigenvalue weighted by Gasteiger charge is -2.10. The molecule has 0 saturated heterocycles. The van der Waals surface area contributed by atoms with Crippen LogP contribution in [0.4, 0.5) is 23.0 Å². The molecule has 0 aliphatic heterocycles. The van der Waals surface area contributed by atoms with Crippen LogP contribution in [0.1, 0.15) is 19.8 Å². The zero-order valence-corrected chi connectivity index (χ0v) is 14.9. The van der Waals surface area contributed by atoms with Crippen LogP contribution in [-0.4, -0.2) is 41.8 Å². The highest BCUT2D eigenvalue weighted by Gasteiger charge is 2.22. The summed E-state index contributed by atoms with van der Waals surface area (Å²) in [5.41, 5.74) is 0.448. The largest absolute Gasteiger partial charge is 0.494 e. The minimum Gasteiger partial charge on any atom is -0.494 e. The maximum atomic E-state index is 11.5. The number of nitrogens with zero attached hydrogens (tertiary/aromatic N) is 3. The molecule has 0 saturated carbocycles. The molecule has 0 aliphatic rings. The molecule has 0 bridgehead atoms. The van der Waals surface area contributed by atoms with Crippen LogP contribution in [0.15, 0.2) is 30.6 Å². The van der Waals surface area contributed by atoms with Gasteiger partial charge in [-0.15, -0.1) is 0 Å². The summed E-state index contributed by atoms with van der Waals surface area (Å²) in [6, 6.07) is 7.18. The Balaban J connectivity index is 2.12. The van der Waals surface area contributed by atoms with E-state index in [9.17, 15) is 10.1 Å². The number of unbranched alkanes of at least 4 members (excludes halogenated alkanes) is 1. The van der Waals surface area contributed by atoms with Crippen molar-refractivity contribution >= 4 is 23.0 Å². The van der Waals surface area contributed by atoms with Crippen LogP contribution in [0.25, 0.3) is 0 Å². The van der Waals surface area contributed by atoms with Crippen molar-refractivity contribution in [2.75, 3.05) is 37.5 Å². The van der Waals surface area contributed by atoms with Gasteiger partial charge in [0.25, 0.3) is 0 Å². The Bertz CT molecular complexity index is 709. The van der Waals surface area contributed by atoms with E-state index in [1.807, 2.05) is 12.1 Å². The van der Waals surface area contributed by atoms with Crippen LogP contribution in [0, 0.1) is 10.1 Å². The highest BCUT2D eigenvalue weighted by atomic mass is 16.6. The Labute approximate surface area is 151 Å². The topological polar surface area (TPSA) is 111 Å². The summed E-state index contributed by atoms with van der Waals surface area (Å²) in [5.74, 6) is 1.01. The number of aromatic nitrogens is 2. The Morgan fingerprint density at radius 3 is 2.54 bits per heavy atom. The van der Waals surface area contributed by atoms with Gasteiger partial charge in [-0.3, -0.25) is 10.1 Å². The van der Waals surface area contributed by atoms with Gasteiger partial charge >= 0.3 is 5.69 Å². The van der Waals surface area contributed by atoms with E-state index in [1.54, 1.807) is 19.2 Å². The summed E-state index contributed by atoms with van der Waals surface area (Å²) in [4.78, 5) is 18.9. The van der Waals surface area contributed by atoms with Crippen molar-refractivity contribution in [3.8, 4) is 5.75 Å². The number of hydrogen-bond donors (Lipinski definition) is 2. The second-order valence-electron chi connectivity index (χ2n) is 5.45. The SMILES string of the molecule is CCCCOc1ccc(Nc2ncnc(NCCOC)c2[N+](=O)[O-])cc1. The average Bonchev–Trinajstić information content (AvgIpc) is 2.63. The fourth-order valence-corrected chi connectivity index (χ4v) is 2.15. The predicted octanol–water partition coefficient (Wildman–Crippen LogP) is 3.37. The van der Waals surface area contributed by atoms with Gasteiger partial charge in [-0.25, -0.2) is 9.97 Å². The van der Waals surface area contributed by atoms with E-state index < -0.39 is 4.92 Å². The van der Waals surface area contributed by atoms with Crippen molar-refractivity contribution in [3.63, 3.8) is 0 Å². The molecule has 2 aromatic rings. The molecule has 9 nitrogen and oxygen atoms in total. The number of anilines is 3. The number of nitro groups is 1. The minimum atomic E-state index is -0.514. The molecule has 0 amide bonds. The molecule has 1 heterocycles. The van der Waals surface area contributed by atoms with Gasteiger partial charge in [0, 0.05) is 19.3 Å². The van der Waals surface area contributed by atoms with Gasteiger partial charge in [0.15, 0.2) is 0 Å². The third-order valence-electron chi connectivity index (χ3n) is 3.49. The molecule has 2 rings (SSSR count). The van der Waals surface area contributed by atoms with E-state index in [0.717, 1.165) is 18.6 Å². The number of benzene rings is 1. The summed E-state index contributed by atoms with van der Waals surface area (Å²) >= 11 is 0. The van der Waals surface area contributed by atoms with Crippen LogP contribution in [-0.2, 0) is 4.74 Å². The van der Waals surface area contributed by atoms with Crippen molar-refractivity contribution < 1.29 is 14.4 Å². The molecule has 0 aliphatic carbocycles. The Hall–Kier alpha value is -2.94. The average molecular weight is 361 g/mol. The Morgan fingerprint density at radius 2 is 1.88 bits per heavy atom. The predicted molar refractivity (Wildman–Crippen MR) is 99.2 cm³/mol. The second-order valence-corrected chi connectivity index (χ2v) is 5.45. The summed E-state index contributed by atoms with van der Waals surface area (Å²) in [6.07, 6.45) is 3.33. The van der Waals surface area contributed by atoms with Gasteiger partial charge in [0.2, 0.25) is 11.6 Å². The molecule has 0 radical (unpaired) electrons. The maximum absolute atomic E-state index is 11.5. The molecule has 0 unspecified atom stereocenters. The Kier molecular flexibility index (Phi) is 7.56. The molecule has 1 aromatic heterocycles. The van der Waals surface area contributed by atoms with Gasteiger partial charge in [-0.1, -0.05) is 13.3 Å². The lowest BCUT2D eigenvalue weighted by molar-refractivity contribution is -0.383. The Morgan fingerprint density at radius 1 is 1.15 bits per heavy atom. The number of nitrogens with one attached hydrogen (secondary N) is 2. The standard InChI is InChI=1S/C17H23N5O4/c1-3-4-10-26-14-7-5-13(6-8-14)21-17-15(22(23)24)16(19-12-20-17)18-9-11-25-2/h5-8,12H,3-4,9-11H2,1-2H3,(H2,18,19,20,21). The smallest absolute Gasteiger partial charge is 0.353 e. The fourth-order valence-electron chi connectivity index (χ4n) is 2.15. The van der Waals surface area contributed by atoms with E-state index >= 15 is 0 Å². The van der Waals surface area contributed by atoms with E-state index in [-0.39, 0.29) is 17.3 Å². The molecule has 1 aromatic carbocycles. The third kappa shape index (κ3) is 5.55. The molecule has 0 spiro atoms. The molecule has 0 atom stereocenters. The molecule has 2 N–H and O–H groups in total. The van der Waals surface area contributed by atoms with Crippen LogP contribution in [0.5, 0.6) is 5.75 Å².